The van der Waals surface area contributed by atoms with Crippen LogP contribution in [0.15, 0.2) is 18.2 Å². The van der Waals surface area contributed by atoms with Crippen LogP contribution in [0.2, 0.25) is 10.0 Å². The van der Waals surface area contributed by atoms with E-state index in [1.165, 1.54) is 0 Å². The SMILES string of the molecule is O=C(Cc1ccc(Cl)cc1Cl)OCC(=O)N1CCOCC1. The third-order valence-corrected chi connectivity index (χ3v) is 3.66. The Balaban J connectivity index is 1.80. The fourth-order valence-electron chi connectivity index (χ4n) is 1.92. The first-order valence-corrected chi connectivity index (χ1v) is 7.27. The van der Waals surface area contributed by atoms with Crippen molar-refractivity contribution in [2.75, 3.05) is 32.9 Å². The predicted octanol–water partition coefficient (Wildman–Crippen LogP) is 1.94. The van der Waals surface area contributed by atoms with Gasteiger partial charge in [-0.2, -0.15) is 0 Å². The van der Waals surface area contributed by atoms with Crippen LogP contribution >= 0.6 is 23.2 Å². The highest BCUT2D eigenvalue weighted by Gasteiger charge is 2.18. The number of carbonyl (C=O) groups excluding carboxylic acids is 2. The number of nitrogens with zero attached hydrogens (tertiary/aromatic N) is 1. The van der Waals surface area contributed by atoms with Crippen molar-refractivity contribution in [3.63, 3.8) is 0 Å². The Labute approximate surface area is 132 Å². The molecule has 0 bridgehead atoms. The first kappa shape index (κ1) is 16.1. The van der Waals surface area contributed by atoms with Gasteiger partial charge >= 0.3 is 5.97 Å². The van der Waals surface area contributed by atoms with E-state index in [9.17, 15) is 9.59 Å². The van der Waals surface area contributed by atoms with E-state index in [1.54, 1.807) is 23.1 Å². The summed E-state index contributed by atoms with van der Waals surface area (Å²) in [4.78, 5) is 25.2. The number of ether oxygens (including phenoxy) is 2. The van der Waals surface area contributed by atoms with Crippen molar-refractivity contribution < 1.29 is 19.1 Å². The summed E-state index contributed by atoms with van der Waals surface area (Å²) < 4.78 is 10.1. The molecule has 7 heteroatoms. The zero-order valence-corrected chi connectivity index (χ0v) is 12.8. The molecule has 1 aromatic rings. The Morgan fingerprint density at radius 1 is 1.24 bits per heavy atom. The summed E-state index contributed by atoms with van der Waals surface area (Å²) in [5.41, 5.74) is 0.616. The number of hydrogen-bond acceptors (Lipinski definition) is 4. The third kappa shape index (κ3) is 4.88. The molecule has 1 aromatic carbocycles. The average molecular weight is 332 g/mol. The van der Waals surface area contributed by atoms with Gasteiger partial charge < -0.3 is 14.4 Å². The number of amides is 1. The van der Waals surface area contributed by atoms with Crippen LogP contribution in [0, 0.1) is 0 Å². The van der Waals surface area contributed by atoms with Gasteiger partial charge in [0.05, 0.1) is 19.6 Å². The molecule has 1 fully saturated rings. The molecule has 0 atom stereocenters. The van der Waals surface area contributed by atoms with Crippen LogP contribution in [-0.2, 0) is 25.5 Å². The number of rotatable bonds is 4. The molecule has 0 spiro atoms. The number of hydrogen-bond donors (Lipinski definition) is 0. The summed E-state index contributed by atoms with van der Waals surface area (Å²) >= 11 is 11.8. The van der Waals surface area contributed by atoms with Crippen LogP contribution in [0.25, 0.3) is 0 Å². The van der Waals surface area contributed by atoms with Crippen LogP contribution in [-0.4, -0.2) is 49.7 Å². The molecular weight excluding hydrogens is 317 g/mol. The first-order valence-electron chi connectivity index (χ1n) is 6.51. The molecule has 21 heavy (non-hydrogen) atoms. The van der Waals surface area contributed by atoms with Crippen LogP contribution in [0.4, 0.5) is 0 Å². The molecule has 1 heterocycles. The summed E-state index contributed by atoms with van der Waals surface area (Å²) in [6, 6.07) is 4.87. The van der Waals surface area contributed by atoms with Crippen molar-refractivity contribution in [1.29, 1.82) is 0 Å². The molecule has 1 aliphatic rings. The number of benzene rings is 1. The summed E-state index contributed by atoms with van der Waals surface area (Å²) in [6.07, 6.45) is 0.00634. The molecule has 0 N–H and O–H groups in total. The minimum absolute atomic E-state index is 0.00634. The Bertz CT molecular complexity index is 530. The highest BCUT2D eigenvalue weighted by molar-refractivity contribution is 6.35. The average Bonchev–Trinajstić information content (AvgIpc) is 2.48. The molecule has 0 saturated carbocycles. The fraction of sp³-hybridized carbons (Fsp3) is 0.429. The molecule has 0 aliphatic carbocycles. The van der Waals surface area contributed by atoms with Crippen molar-refractivity contribution in [2.45, 2.75) is 6.42 Å². The van der Waals surface area contributed by atoms with Gasteiger partial charge in [0.1, 0.15) is 0 Å². The summed E-state index contributed by atoms with van der Waals surface area (Å²) in [6.45, 7) is 1.82. The van der Waals surface area contributed by atoms with E-state index in [0.717, 1.165) is 0 Å². The van der Waals surface area contributed by atoms with E-state index in [-0.39, 0.29) is 18.9 Å². The van der Waals surface area contributed by atoms with E-state index in [1.807, 2.05) is 0 Å². The Morgan fingerprint density at radius 2 is 1.95 bits per heavy atom. The van der Waals surface area contributed by atoms with Crippen molar-refractivity contribution in [3.8, 4) is 0 Å². The monoisotopic (exact) mass is 331 g/mol. The molecule has 1 aliphatic heterocycles. The largest absolute Gasteiger partial charge is 0.455 e. The second kappa shape index (κ2) is 7.64. The third-order valence-electron chi connectivity index (χ3n) is 3.07. The lowest BCUT2D eigenvalue weighted by Crippen LogP contribution is -2.42. The number of esters is 1. The second-order valence-corrected chi connectivity index (χ2v) is 5.41. The van der Waals surface area contributed by atoms with Crippen molar-refractivity contribution in [1.82, 2.24) is 4.90 Å². The minimum atomic E-state index is -0.499. The quantitative estimate of drug-likeness (QED) is 0.791. The van der Waals surface area contributed by atoms with Gasteiger partial charge in [0, 0.05) is 23.1 Å². The van der Waals surface area contributed by atoms with Gasteiger partial charge in [-0.25, -0.2) is 0 Å². The topological polar surface area (TPSA) is 55.8 Å². The highest BCUT2D eigenvalue weighted by Crippen LogP contribution is 2.21. The Kier molecular flexibility index (Phi) is 5.85. The minimum Gasteiger partial charge on any atom is -0.455 e. The first-order chi connectivity index (χ1) is 10.1. The van der Waals surface area contributed by atoms with E-state index in [4.69, 9.17) is 32.7 Å². The van der Waals surface area contributed by atoms with E-state index in [0.29, 0.717) is 41.9 Å². The smallest absolute Gasteiger partial charge is 0.310 e. The Morgan fingerprint density at radius 3 is 2.62 bits per heavy atom. The van der Waals surface area contributed by atoms with Gasteiger partial charge in [-0.1, -0.05) is 29.3 Å². The van der Waals surface area contributed by atoms with Crippen molar-refractivity contribution in [2.24, 2.45) is 0 Å². The fourth-order valence-corrected chi connectivity index (χ4v) is 2.39. The normalized spacial score (nSPS) is 14.9. The zero-order valence-electron chi connectivity index (χ0n) is 11.3. The van der Waals surface area contributed by atoms with Gasteiger partial charge in [0.15, 0.2) is 6.61 Å². The predicted molar refractivity (Wildman–Crippen MR) is 78.5 cm³/mol. The van der Waals surface area contributed by atoms with E-state index in [2.05, 4.69) is 0 Å². The molecule has 0 aromatic heterocycles. The van der Waals surface area contributed by atoms with Gasteiger partial charge in [0.2, 0.25) is 0 Å². The molecular formula is C14H15Cl2NO4. The maximum absolute atomic E-state index is 11.8. The molecule has 1 amide bonds. The lowest BCUT2D eigenvalue weighted by Gasteiger charge is -2.26. The summed E-state index contributed by atoms with van der Waals surface area (Å²) in [5, 5.41) is 0.901. The van der Waals surface area contributed by atoms with Crippen LogP contribution < -0.4 is 0 Å². The zero-order chi connectivity index (χ0) is 15.2. The van der Waals surface area contributed by atoms with E-state index >= 15 is 0 Å². The maximum Gasteiger partial charge on any atom is 0.310 e. The van der Waals surface area contributed by atoms with Crippen molar-refractivity contribution in [3.05, 3.63) is 33.8 Å². The number of carbonyl (C=O) groups is 2. The van der Waals surface area contributed by atoms with Crippen molar-refractivity contribution >= 4 is 35.1 Å². The molecule has 114 valence electrons. The second-order valence-electron chi connectivity index (χ2n) is 4.57. The highest BCUT2D eigenvalue weighted by atomic mass is 35.5. The van der Waals surface area contributed by atoms with E-state index < -0.39 is 5.97 Å². The molecule has 2 rings (SSSR count). The van der Waals surface area contributed by atoms with Gasteiger partial charge in [0.25, 0.3) is 5.91 Å². The molecule has 0 unspecified atom stereocenters. The van der Waals surface area contributed by atoms with Crippen LogP contribution in [0.3, 0.4) is 0 Å². The van der Waals surface area contributed by atoms with Gasteiger partial charge in [-0.05, 0) is 17.7 Å². The van der Waals surface area contributed by atoms with Gasteiger partial charge in [-0.3, -0.25) is 9.59 Å². The lowest BCUT2D eigenvalue weighted by atomic mass is 10.1. The summed E-state index contributed by atoms with van der Waals surface area (Å²) in [7, 11) is 0. The molecule has 1 saturated heterocycles. The Hall–Kier alpha value is -1.30. The van der Waals surface area contributed by atoms with Crippen LogP contribution in [0.1, 0.15) is 5.56 Å². The molecule has 5 nitrogen and oxygen atoms in total. The van der Waals surface area contributed by atoms with Gasteiger partial charge in [-0.15, -0.1) is 0 Å². The molecule has 0 radical (unpaired) electrons. The number of morpholine rings is 1. The van der Waals surface area contributed by atoms with Crippen LogP contribution in [0.5, 0.6) is 0 Å². The number of halogens is 2. The lowest BCUT2D eigenvalue weighted by molar-refractivity contribution is -0.153. The maximum atomic E-state index is 11.8. The summed E-state index contributed by atoms with van der Waals surface area (Å²) in [5.74, 6) is -0.713. The standard InChI is InChI=1S/C14H15Cl2NO4/c15-11-2-1-10(12(16)8-11)7-14(19)21-9-13(18)17-3-5-20-6-4-17/h1-2,8H,3-7,9H2.